The van der Waals surface area contributed by atoms with E-state index in [9.17, 15) is 0 Å². The van der Waals surface area contributed by atoms with Crippen LogP contribution in [0.4, 0.5) is 5.69 Å². The van der Waals surface area contributed by atoms with Gasteiger partial charge in [-0.3, -0.25) is 10.2 Å². The summed E-state index contributed by atoms with van der Waals surface area (Å²) >= 11 is 1.66. The fourth-order valence-electron chi connectivity index (χ4n) is 2.90. The van der Waals surface area contributed by atoms with E-state index < -0.39 is 0 Å². The van der Waals surface area contributed by atoms with E-state index in [-0.39, 0.29) is 0 Å². The topological polar surface area (TPSA) is 106 Å². The minimum Gasteiger partial charge on any atom is -0.489 e. The Morgan fingerprint density at radius 3 is 2.48 bits per heavy atom. The molecule has 0 radical (unpaired) electrons. The van der Waals surface area contributed by atoms with Crippen LogP contribution in [0.2, 0.25) is 0 Å². The third-order valence-electron chi connectivity index (χ3n) is 4.40. The van der Waals surface area contributed by atoms with Gasteiger partial charge in [-0.15, -0.1) is 11.3 Å². The summed E-state index contributed by atoms with van der Waals surface area (Å²) in [6.45, 7) is 6.72. The number of anilines is 1. The molecule has 0 unspecified atom stereocenters. The summed E-state index contributed by atoms with van der Waals surface area (Å²) in [5, 5.41) is 1.63. The Hall–Kier alpha value is -2.94. The molecule has 0 aliphatic carbocycles. The van der Waals surface area contributed by atoms with Crippen molar-refractivity contribution in [1.29, 1.82) is 0 Å². The molecule has 1 aromatic heterocycles. The van der Waals surface area contributed by atoms with Crippen LogP contribution < -0.4 is 26.9 Å². The summed E-state index contributed by atoms with van der Waals surface area (Å²) < 4.78 is 6.10. The zero-order chi connectivity index (χ0) is 21.4. The van der Waals surface area contributed by atoms with Crippen molar-refractivity contribution in [3.8, 4) is 17.0 Å². The molecule has 3 aromatic rings. The van der Waals surface area contributed by atoms with E-state index in [0.717, 1.165) is 33.8 Å². The van der Waals surface area contributed by atoms with Crippen LogP contribution in [-0.2, 0) is 11.4 Å². The third kappa shape index (κ3) is 5.77. The standard InChI is InChI=1S/C20H23N3OS.CH4N2O/c1-13-6-5-7-18(23(4)21)17(13)11-24-19-9-8-16(10-14(19)2)20-15(3)25-12-22-20;2-3-1-4/h5-10,12H,11,21H2,1-4H3;1H,2H2,(H,3,4). The van der Waals surface area contributed by atoms with Gasteiger partial charge in [0.1, 0.15) is 12.4 Å². The lowest BCUT2D eigenvalue weighted by Gasteiger charge is -2.19. The smallest absolute Gasteiger partial charge is 0.221 e. The second-order valence-corrected chi connectivity index (χ2v) is 7.55. The van der Waals surface area contributed by atoms with Gasteiger partial charge >= 0.3 is 0 Å². The Balaban J connectivity index is 0.000000687. The molecule has 0 aliphatic rings. The number of hydrogen-bond acceptors (Lipinski definition) is 7. The molecule has 3 rings (SSSR count). The van der Waals surface area contributed by atoms with Crippen LogP contribution in [0.25, 0.3) is 11.3 Å². The average molecular weight is 414 g/mol. The van der Waals surface area contributed by atoms with Crippen LogP contribution in [0.3, 0.4) is 0 Å². The molecule has 2 aromatic carbocycles. The van der Waals surface area contributed by atoms with Crippen molar-refractivity contribution in [1.82, 2.24) is 10.4 Å². The monoisotopic (exact) mass is 413 g/mol. The minimum absolute atomic E-state index is 0.403. The van der Waals surface area contributed by atoms with E-state index in [1.54, 1.807) is 21.8 Å². The highest BCUT2D eigenvalue weighted by atomic mass is 32.1. The largest absolute Gasteiger partial charge is 0.489 e. The molecule has 0 saturated heterocycles. The maximum Gasteiger partial charge on any atom is 0.221 e. The van der Waals surface area contributed by atoms with E-state index in [1.165, 1.54) is 10.4 Å². The van der Waals surface area contributed by atoms with Crippen molar-refractivity contribution in [2.24, 2.45) is 11.7 Å². The van der Waals surface area contributed by atoms with Crippen molar-refractivity contribution >= 4 is 23.4 Å². The molecule has 5 N–H and O–H groups in total. The van der Waals surface area contributed by atoms with E-state index in [0.29, 0.717) is 13.0 Å². The molecule has 29 heavy (non-hydrogen) atoms. The van der Waals surface area contributed by atoms with Crippen LogP contribution in [0.15, 0.2) is 41.9 Å². The van der Waals surface area contributed by atoms with Gasteiger partial charge in [0.05, 0.1) is 16.9 Å². The molecule has 0 atom stereocenters. The van der Waals surface area contributed by atoms with E-state index >= 15 is 0 Å². The molecular formula is C21H27N5O2S. The van der Waals surface area contributed by atoms with Gasteiger partial charge in [0.15, 0.2) is 0 Å². The van der Waals surface area contributed by atoms with Crippen LogP contribution in [-0.4, -0.2) is 18.4 Å². The van der Waals surface area contributed by atoms with Gasteiger partial charge in [-0.2, -0.15) is 0 Å². The van der Waals surface area contributed by atoms with Crippen LogP contribution in [0.5, 0.6) is 5.75 Å². The number of rotatable bonds is 6. The van der Waals surface area contributed by atoms with E-state index in [4.69, 9.17) is 15.4 Å². The number of carbonyl (C=O) groups excluding carboxylic acids is 1. The van der Waals surface area contributed by atoms with E-state index in [2.05, 4.69) is 49.8 Å². The minimum atomic E-state index is 0.403. The van der Waals surface area contributed by atoms with Crippen molar-refractivity contribution in [3.63, 3.8) is 0 Å². The fourth-order valence-corrected chi connectivity index (χ4v) is 3.49. The Morgan fingerprint density at radius 1 is 1.21 bits per heavy atom. The number of thiazole rings is 1. The Morgan fingerprint density at radius 2 is 1.93 bits per heavy atom. The fraction of sp³-hybridized carbons (Fsp3) is 0.238. The van der Waals surface area contributed by atoms with Gasteiger partial charge in [-0.1, -0.05) is 12.1 Å². The SMILES string of the molecule is Cc1cc(-c2ncsc2C)ccc1OCc1c(C)cccc1N(C)N.NNC=O. The predicted molar refractivity (Wildman–Crippen MR) is 119 cm³/mol. The molecule has 154 valence electrons. The number of nitrogens with two attached hydrogens (primary N) is 2. The van der Waals surface area contributed by atoms with Gasteiger partial charge in [0.25, 0.3) is 0 Å². The molecule has 0 fully saturated rings. The number of amides is 1. The van der Waals surface area contributed by atoms with Crippen molar-refractivity contribution in [2.75, 3.05) is 12.1 Å². The molecule has 1 amide bonds. The van der Waals surface area contributed by atoms with Gasteiger partial charge in [0, 0.05) is 23.1 Å². The van der Waals surface area contributed by atoms with E-state index in [1.807, 2.05) is 30.8 Å². The number of ether oxygens (including phenoxy) is 1. The Bertz CT molecular complexity index is 956. The third-order valence-corrected chi connectivity index (χ3v) is 5.16. The summed E-state index contributed by atoms with van der Waals surface area (Å²) in [6.07, 6.45) is 0.403. The molecule has 0 saturated carbocycles. The molecule has 8 heteroatoms. The normalized spacial score (nSPS) is 10.0. The van der Waals surface area contributed by atoms with Crippen LogP contribution in [0, 0.1) is 20.8 Å². The summed E-state index contributed by atoms with van der Waals surface area (Å²) in [6, 6.07) is 12.3. The molecule has 0 bridgehead atoms. The number of hydrazine groups is 2. The van der Waals surface area contributed by atoms with Gasteiger partial charge in [-0.05, 0) is 56.2 Å². The number of benzene rings is 2. The van der Waals surface area contributed by atoms with Gasteiger partial charge in [0.2, 0.25) is 6.41 Å². The quantitative estimate of drug-likeness (QED) is 0.248. The molecular weight excluding hydrogens is 386 g/mol. The maximum absolute atomic E-state index is 8.94. The summed E-state index contributed by atoms with van der Waals surface area (Å²) in [7, 11) is 1.84. The van der Waals surface area contributed by atoms with Gasteiger partial charge < -0.3 is 9.75 Å². The predicted octanol–water partition coefficient (Wildman–Crippen LogP) is 3.23. The average Bonchev–Trinajstić information content (AvgIpc) is 3.13. The first-order valence-corrected chi connectivity index (χ1v) is 9.87. The van der Waals surface area contributed by atoms with Crippen molar-refractivity contribution < 1.29 is 9.53 Å². The Kier molecular flexibility index (Phi) is 8.14. The molecule has 0 aliphatic heterocycles. The van der Waals surface area contributed by atoms with Crippen molar-refractivity contribution in [2.45, 2.75) is 27.4 Å². The maximum atomic E-state index is 8.94. The van der Waals surface area contributed by atoms with Crippen LogP contribution >= 0.6 is 11.3 Å². The first-order chi connectivity index (χ1) is 13.9. The highest BCUT2D eigenvalue weighted by Gasteiger charge is 2.11. The lowest BCUT2D eigenvalue weighted by Crippen LogP contribution is -2.26. The Labute approximate surface area is 175 Å². The number of nitrogens with zero attached hydrogens (tertiary/aromatic N) is 2. The second kappa shape index (κ2) is 10.6. The zero-order valence-corrected chi connectivity index (χ0v) is 17.9. The first-order valence-electron chi connectivity index (χ1n) is 8.99. The van der Waals surface area contributed by atoms with Crippen molar-refractivity contribution in [3.05, 3.63) is 63.5 Å². The molecule has 1 heterocycles. The summed E-state index contributed by atoms with van der Waals surface area (Å²) in [4.78, 5) is 14.6. The highest BCUT2D eigenvalue weighted by Crippen LogP contribution is 2.30. The highest BCUT2D eigenvalue weighted by molar-refractivity contribution is 7.10. The first kappa shape index (κ1) is 22.4. The number of aryl methyl sites for hydroxylation is 3. The summed E-state index contributed by atoms with van der Waals surface area (Å²) in [5.41, 5.74) is 10.2. The lowest BCUT2D eigenvalue weighted by atomic mass is 10.1. The second-order valence-electron chi connectivity index (χ2n) is 6.49. The lowest BCUT2D eigenvalue weighted by molar-refractivity contribution is -0.109. The molecule has 7 nitrogen and oxygen atoms in total. The number of hydrogen-bond donors (Lipinski definition) is 3. The van der Waals surface area contributed by atoms with Gasteiger partial charge in [-0.25, -0.2) is 16.7 Å². The van der Waals surface area contributed by atoms with Crippen LogP contribution in [0.1, 0.15) is 21.6 Å². The molecule has 0 spiro atoms. The number of carbonyl (C=O) groups is 1. The number of nitrogens with one attached hydrogen (secondary N) is 1. The number of aromatic nitrogens is 1. The summed E-state index contributed by atoms with van der Waals surface area (Å²) in [5.74, 6) is 11.2. The zero-order valence-electron chi connectivity index (χ0n) is 17.1.